The second-order valence-corrected chi connectivity index (χ2v) is 21.6. The Bertz CT molecular complexity index is 2600. The molecule has 0 fully saturated rings. The van der Waals surface area contributed by atoms with Crippen LogP contribution in [0.25, 0.3) is 0 Å². The summed E-state index contributed by atoms with van der Waals surface area (Å²) in [5, 5.41) is 39.2. The van der Waals surface area contributed by atoms with Crippen molar-refractivity contribution in [3.05, 3.63) is 191 Å². The molecule has 0 spiro atoms. The molecular formula is C61H77N5O2. The minimum absolute atomic E-state index is 0. The van der Waals surface area contributed by atoms with Gasteiger partial charge in [0.1, 0.15) is 11.5 Å². The van der Waals surface area contributed by atoms with E-state index in [4.69, 9.17) is 0 Å². The zero-order valence-electron chi connectivity index (χ0n) is 41.8. The molecular weight excluding hydrogens is 835 g/mol. The number of hydrogen-bond donors (Lipinski definition) is 7. The predicted octanol–water partition coefficient (Wildman–Crippen LogP) is 17.1. The SMILES string of the molecule is C.CC(C)(C)c1cc(CNc2ccc(Nc3ccc(Nc4ccccc4)cc3)cc2)cc(C(C)(C)C)c1O.CC(C)(C)c1cc(CNc2ccc(Nc3ccccc3)cc2)cc(C(C)(C)C)c1O. The molecule has 0 atom stereocenters. The molecule has 0 amide bonds. The molecule has 0 unspecified atom stereocenters. The molecule has 0 bridgehead atoms. The first kappa shape index (κ1) is 52.1. The normalized spacial score (nSPS) is 11.6. The Kier molecular flexibility index (Phi) is 16.7. The quantitative estimate of drug-likeness (QED) is 0.0656. The summed E-state index contributed by atoms with van der Waals surface area (Å²) in [6, 6.07) is 53.8. The molecule has 7 aromatic rings. The third-order valence-electron chi connectivity index (χ3n) is 11.6. The molecule has 0 saturated carbocycles. The first-order valence-corrected chi connectivity index (χ1v) is 23.5. The summed E-state index contributed by atoms with van der Waals surface area (Å²) in [5.74, 6) is 0.846. The molecule has 7 rings (SSSR count). The van der Waals surface area contributed by atoms with Crippen LogP contribution < -0.4 is 26.6 Å². The number of rotatable bonds is 12. The van der Waals surface area contributed by atoms with Gasteiger partial charge in [-0.3, -0.25) is 0 Å². The van der Waals surface area contributed by atoms with Crippen molar-refractivity contribution in [2.75, 3.05) is 26.6 Å². The van der Waals surface area contributed by atoms with Gasteiger partial charge in [-0.2, -0.15) is 0 Å². The highest BCUT2D eigenvalue weighted by Gasteiger charge is 2.28. The zero-order chi connectivity index (χ0) is 48.6. The van der Waals surface area contributed by atoms with E-state index in [0.29, 0.717) is 24.6 Å². The van der Waals surface area contributed by atoms with Crippen LogP contribution in [0.3, 0.4) is 0 Å². The van der Waals surface area contributed by atoms with Gasteiger partial charge in [0.15, 0.2) is 0 Å². The molecule has 7 heteroatoms. The summed E-state index contributed by atoms with van der Waals surface area (Å²) in [6.07, 6.45) is 0. The van der Waals surface area contributed by atoms with Crippen LogP contribution in [0.5, 0.6) is 11.5 Å². The molecule has 7 nitrogen and oxygen atoms in total. The van der Waals surface area contributed by atoms with Gasteiger partial charge in [-0.05, 0) is 176 Å². The standard InChI is InChI=1S/C33H39N3O.C27H34N2O.CH4/c1-32(2,3)29-20-23(21-30(31(29)37)33(4,5)6)22-34-24-12-14-26(15-13-24)36-28-18-16-27(17-19-28)35-25-10-8-7-9-11-25;1-26(2,3)23-16-19(17-24(25(23)30)27(4,5)6)18-28-20-12-14-22(15-13-20)29-21-10-8-7-9-11-21;/h7-21,34-37H,22H2,1-6H3;7-17,28-30H,18H2,1-6H3;1H4. The molecule has 7 aromatic carbocycles. The van der Waals surface area contributed by atoms with E-state index in [-0.39, 0.29) is 29.1 Å². The Morgan fingerprint density at radius 3 is 0.735 bits per heavy atom. The zero-order valence-corrected chi connectivity index (χ0v) is 41.8. The second-order valence-electron chi connectivity index (χ2n) is 21.6. The summed E-state index contributed by atoms with van der Waals surface area (Å²) in [5.41, 5.74) is 14.2. The Morgan fingerprint density at radius 2 is 0.515 bits per heavy atom. The first-order valence-electron chi connectivity index (χ1n) is 23.5. The van der Waals surface area contributed by atoms with Crippen LogP contribution in [0.1, 0.15) is 124 Å². The van der Waals surface area contributed by atoms with Crippen LogP contribution in [0.4, 0.5) is 45.5 Å². The lowest BCUT2D eigenvalue weighted by Crippen LogP contribution is -2.18. The van der Waals surface area contributed by atoms with E-state index in [1.807, 2.05) is 36.4 Å². The molecule has 0 radical (unpaired) electrons. The minimum Gasteiger partial charge on any atom is -0.507 e. The molecule has 0 saturated heterocycles. The maximum Gasteiger partial charge on any atom is 0.123 e. The number of phenolic OH excluding ortho intramolecular Hbond substituents is 2. The van der Waals surface area contributed by atoms with Gasteiger partial charge >= 0.3 is 0 Å². The topological polar surface area (TPSA) is 101 Å². The van der Waals surface area contributed by atoms with Crippen molar-refractivity contribution >= 4 is 45.5 Å². The van der Waals surface area contributed by atoms with E-state index < -0.39 is 0 Å². The van der Waals surface area contributed by atoms with Crippen molar-refractivity contribution < 1.29 is 10.2 Å². The third kappa shape index (κ3) is 14.6. The van der Waals surface area contributed by atoms with Gasteiger partial charge in [0.2, 0.25) is 0 Å². The van der Waals surface area contributed by atoms with Crippen LogP contribution in [0, 0.1) is 0 Å². The largest absolute Gasteiger partial charge is 0.507 e. The van der Waals surface area contributed by atoms with E-state index in [0.717, 1.165) is 67.8 Å². The number of aromatic hydroxyl groups is 2. The predicted molar refractivity (Wildman–Crippen MR) is 294 cm³/mol. The number of phenols is 2. The summed E-state index contributed by atoms with van der Waals surface area (Å²) >= 11 is 0. The summed E-state index contributed by atoms with van der Waals surface area (Å²) in [7, 11) is 0. The highest BCUT2D eigenvalue weighted by Crippen LogP contribution is 2.41. The number of anilines is 8. The average molecular weight is 912 g/mol. The van der Waals surface area contributed by atoms with E-state index in [1.165, 1.54) is 11.1 Å². The fourth-order valence-electron chi connectivity index (χ4n) is 7.81. The molecule has 0 aliphatic heterocycles. The van der Waals surface area contributed by atoms with Gasteiger partial charge in [0.25, 0.3) is 0 Å². The van der Waals surface area contributed by atoms with Crippen molar-refractivity contribution in [3.63, 3.8) is 0 Å². The summed E-state index contributed by atoms with van der Waals surface area (Å²) in [6.45, 7) is 27.1. The second kappa shape index (κ2) is 21.8. The molecule has 7 N–H and O–H groups in total. The number of hydrogen-bond acceptors (Lipinski definition) is 7. The Labute approximate surface area is 408 Å². The molecule has 0 heterocycles. The smallest absolute Gasteiger partial charge is 0.123 e. The van der Waals surface area contributed by atoms with E-state index in [1.54, 1.807) is 0 Å². The van der Waals surface area contributed by atoms with Crippen molar-refractivity contribution in [1.82, 2.24) is 0 Å². The van der Waals surface area contributed by atoms with Gasteiger partial charge in [-0.15, -0.1) is 0 Å². The fourth-order valence-corrected chi connectivity index (χ4v) is 7.81. The lowest BCUT2D eigenvalue weighted by atomic mass is 9.78. The Balaban J connectivity index is 0.000000256. The molecule has 0 aliphatic carbocycles. The van der Waals surface area contributed by atoms with Crippen molar-refractivity contribution in [3.8, 4) is 11.5 Å². The van der Waals surface area contributed by atoms with Crippen LogP contribution in [0.15, 0.2) is 158 Å². The van der Waals surface area contributed by atoms with Crippen molar-refractivity contribution in [2.45, 2.75) is 125 Å². The minimum atomic E-state index is -0.136. The van der Waals surface area contributed by atoms with Crippen LogP contribution >= 0.6 is 0 Å². The first-order chi connectivity index (χ1) is 31.5. The Hall–Kier alpha value is -6.86. The maximum atomic E-state index is 11.0. The Morgan fingerprint density at radius 1 is 0.309 bits per heavy atom. The van der Waals surface area contributed by atoms with Gasteiger partial charge in [0, 0.05) is 58.6 Å². The van der Waals surface area contributed by atoms with Crippen LogP contribution in [0.2, 0.25) is 0 Å². The lowest BCUT2D eigenvalue weighted by Gasteiger charge is -2.28. The maximum absolute atomic E-state index is 11.0. The molecule has 0 aromatic heterocycles. The number of nitrogens with one attached hydrogen (secondary N) is 5. The third-order valence-corrected chi connectivity index (χ3v) is 11.6. The summed E-state index contributed by atoms with van der Waals surface area (Å²) < 4.78 is 0. The number of para-hydroxylation sites is 2. The average Bonchev–Trinajstić information content (AvgIpc) is 3.26. The van der Waals surface area contributed by atoms with E-state index in [9.17, 15) is 10.2 Å². The van der Waals surface area contributed by atoms with Crippen molar-refractivity contribution in [1.29, 1.82) is 0 Å². The molecule has 68 heavy (non-hydrogen) atoms. The highest BCUT2D eigenvalue weighted by molar-refractivity contribution is 5.67. The van der Waals surface area contributed by atoms with Gasteiger partial charge in [-0.1, -0.05) is 127 Å². The molecule has 358 valence electrons. The lowest BCUT2D eigenvalue weighted by molar-refractivity contribution is 0.422. The van der Waals surface area contributed by atoms with Gasteiger partial charge in [0.05, 0.1) is 0 Å². The van der Waals surface area contributed by atoms with Crippen LogP contribution in [-0.2, 0) is 34.7 Å². The van der Waals surface area contributed by atoms with Gasteiger partial charge < -0.3 is 36.8 Å². The highest BCUT2D eigenvalue weighted by atomic mass is 16.3. The van der Waals surface area contributed by atoms with E-state index >= 15 is 0 Å². The van der Waals surface area contributed by atoms with Crippen molar-refractivity contribution in [2.24, 2.45) is 0 Å². The van der Waals surface area contributed by atoms with Crippen LogP contribution in [-0.4, -0.2) is 10.2 Å². The number of benzene rings is 7. The van der Waals surface area contributed by atoms with Gasteiger partial charge in [-0.25, -0.2) is 0 Å². The van der Waals surface area contributed by atoms with E-state index in [2.05, 4.69) is 231 Å². The monoisotopic (exact) mass is 912 g/mol. The fraction of sp³-hybridized carbons (Fsp3) is 0.311. The molecule has 0 aliphatic rings. The summed E-state index contributed by atoms with van der Waals surface area (Å²) in [4.78, 5) is 0.